The number of rotatable bonds is 3. The van der Waals surface area contributed by atoms with Gasteiger partial charge in [0, 0.05) is 17.3 Å². The van der Waals surface area contributed by atoms with Crippen LogP contribution in [-0.4, -0.2) is 9.97 Å². The van der Waals surface area contributed by atoms with E-state index in [0.29, 0.717) is 5.92 Å². The number of hydrogen-bond acceptors (Lipinski definition) is 3. The van der Waals surface area contributed by atoms with Gasteiger partial charge in [-0.2, -0.15) is 0 Å². The number of nitrogens with zero attached hydrogens (tertiary/aromatic N) is 2. The maximum atomic E-state index is 5.93. The Morgan fingerprint density at radius 2 is 2.21 bits per heavy atom. The highest BCUT2D eigenvalue weighted by molar-refractivity contribution is 5.19. The Morgan fingerprint density at radius 1 is 1.50 bits per heavy atom. The minimum absolute atomic E-state index is 0.00704. The normalized spacial score (nSPS) is 18.2. The van der Waals surface area contributed by atoms with Crippen molar-refractivity contribution in [3.63, 3.8) is 0 Å². The van der Waals surface area contributed by atoms with Gasteiger partial charge in [-0.3, -0.25) is 0 Å². The van der Waals surface area contributed by atoms with Gasteiger partial charge in [-0.05, 0) is 32.3 Å². The molecule has 0 saturated heterocycles. The summed E-state index contributed by atoms with van der Waals surface area (Å²) < 4.78 is 0. The van der Waals surface area contributed by atoms with Gasteiger partial charge in [0.25, 0.3) is 0 Å². The minimum Gasteiger partial charge on any atom is -0.321 e. The van der Waals surface area contributed by atoms with Gasteiger partial charge < -0.3 is 5.73 Å². The van der Waals surface area contributed by atoms with Gasteiger partial charge in [0.1, 0.15) is 5.82 Å². The van der Waals surface area contributed by atoms with E-state index in [1.165, 1.54) is 18.5 Å². The van der Waals surface area contributed by atoms with Crippen molar-refractivity contribution in [3.8, 4) is 0 Å². The molecule has 1 unspecified atom stereocenters. The molecule has 1 aliphatic carbocycles. The van der Waals surface area contributed by atoms with Crippen molar-refractivity contribution < 1.29 is 0 Å². The predicted molar refractivity (Wildman–Crippen MR) is 56.0 cm³/mol. The first-order valence-corrected chi connectivity index (χ1v) is 5.31. The third kappa shape index (κ3) is 1.93. The number of aromatic nitrogens is 2. The molecular weight excluding hydrogens is 174 g/mol. The van der Waals surface area contributed by atoms with Crippen LogP contribution in [0.4, 0.5) is 0 Å². The first kappa shape index (κ1) is 9.59. The van der Waals surface area contributed by atoms with Crippen molar-refractivity contribution >= 4 is 0 Å². The van der Waals surface area contributed by atoms with E-state index in [0.717, 1.165) is 17.9 Å². The Labute approximate surface area is 84.8 Å². The molecule has 1 atom stereocenters. The van der Waals surface area contributed by atoms with Crippen LogP contribution in [0.5, 0.6) is 0 Å². The highest BCUT2D eigenvalue weighted by Crippen LogP contribution is 2.39. The zero-order valence-electron chi connectivity index (χ0n) is 8.83. The van der Waals surface area contributed by atoms with E-state index in [1.54, 1.807) is 0 Å². The maximum Gasteiger partial charge on any atom is 0.145 e. The molecule has 2 N–H and O–H groups in total. The number of nitrogens with two attached hydrogens (primary N) is 1. The summed E-state index contributed by atoms with van der Waals surface area (Å²) >= 11 is 0. The second-order valence-corrected chi connectivity index (χ2v) is 4.08. The van der Waals surface area contributed by atoms with Crippen molar-refractivity contribution in [1.29, 1.82) is 0 Å². The summed E-state index contributed by atoms with van der Waals surface area (Å²) in [5.74, 6) is 1.49. The molecule has 1 heterocycles. The van der Waals surface area contributed by atoms with Crippen molar-refractivity contribution in [1.82, 2.24) is 9.97 Å². The van der Waals surface area contributed by atoms with Crippen LogP contribution in [-0.2, 0) is 0 Å². The van der Waals surface area contributed by atoms with E-state index in [9.17, 15) is 0 Å². The Balaban J connectivity index is 2.30. The Hall–Kier alpha value is -0.960. The fourth-order valence-electron chi connectivity index (χ4n) is 1.55. The molecule has 3 nitrogen and oxygen atoms in total. The van der Waals surface area contributed by atoms with E-state index < -0.39 is 0 Å². The SMILES string of the molecule is CCC(N)c1nc(C)cc(C2CC2)n1. The second kappa shape index (κ2) is 3.65. The molecule has 0 bridgehead atoms. The highest BCUT2D eigenvalue weighted by atomic mass is 14.9. The van der Waals surface area contributed by atoms with Gasteiger partial charge in [0.2, 0.25) is 0 Å². The van der Waals surface area contributed by atoms with Gasteiger partial charge in [0.05, 0.1) is 6.04 Å². The van der Waals surface area contributed by atoms with Crippen LogP contribution in [0.1, 0.15) is 55.4 Å². The molecule has 3 heteroatoms. The van der Waals surface area contributed by atoms with Gasteiger partial charge in [-0.25, -0.2) is 9.97 Å². The fourth-order valence-corrected chi connectivity index (χ4v) is 1.55. The van der Waals surface area contributed by atoms with Crippen LogP contribution >= 0.6 is 0 Å². The topological polar surface area (TPSA) is 51.8 Å². The molecular formula is C11H17N3. The van der Waals surface area contributed by atoms with Crippen LogP contribution in [0.2, 0.25) is 0 Å². The Morgan fingerprint density at radius 3 is 2.79 bits per heavy atom. The molecule has 2 rings (SSSR count). The molecule has 1 saturated carbocycles. The summed E-state index contributed by atoms with van der Waals surface area (Å²) in [5, 5.41) is 0. The third-order valence-electron chi connectivity index (χ3n) is 2.66. The van der Waals surface area contributed by atoms with Crippen LogP contribution in [0, 0.1) is 6.92 Å². The van der Waals surface area contributed by atoms with E-state index in [-0.39, 0.29) is 6.04 Å². The molecule has 0 aliphatic heterocycles. The lowest BCUT2D eigenvalue weighted by atomic mass is 10.2. The maximum absolute atomic E-state index is 5.93. The highest BCUT2D eigenvalue weighted by Gasteiger charge is 2.26. The second-order valence-electron chi connectivity index (χ2n) is 4.08. The molecule has 1 aromatic rings. The van der Waals surface area contributed by atoms with E-state index >= 15 is 0 Å². The Kier molecular flexibility index (Phi) is 2.50. The Bertz CT molecular complexity index is 331. The zero-order chi connectivity index (χ0) is 10.1. The number of hydrogen-bond donors (Lipinski definition) is 1. The average molecular weight is 191 g/mol. The molecule has 1 fully saturated rings. The molecule has 0 aromatic carbocycles. The molecule has 1 aliphatic rings. The zero-order valence-corrected chi connectivity index (χ0v) is 8.83. The molecule has 14 heavy (non-hydrogen) atoms. The van der Waals surface area contributed by atoms with Crippen molar-refractivity contribution in [2.75, 3.05) is 0 Å². The molecule has 76 valence electrons. The van der Waals surface area contributed by atoms with Gasteiger partial charge in [0.15, 0.2) is 0 Å². The third-order valence-corrected chi connectivity index (χ3v) is 2.66. The summed E-state index contributed by atoms with van der Waals surface area (Å²) in [7, 11) is 0. The van der Waals surface area contributed by atoms with Crippen molar-refractivity contribution in [2.24, 2.45) is 5.73 Å². The minimum atomic E-state index is -0.00704. The summed E-state index contributed by atoms with van der Waals surface area (Å²) in [5.41, 5.74) is 8.16. The number of aryl methyl sites for hydroxylation is 1. The largest absolute Gasteiger partial charge is 0.321 e. The van der Waals surface area contributed by atoms with Crippen molar-refractivity contribution in [3.05, 3.63) is 23.3 Å². The molecule has 1 aromatic heterocycles. The summed E-state index contributed by atoms with van der Waals surface area (Å²) in [6, 6.07) is 2.08. The molecule has 0 radical (unpaired) electrons. The quantitative estimate of drug-likeness (QED) is 0.795. The van der Waals surface area contributed by atoms with E-state index in [2.05, 4.69) is 23.0 Å². The van der Waals surface area contributed by atoms with Crippen LogP contribution < -0.4 is 5.73 Å². The first-order chi connectivity index (χ1) is 6.70. The van der Waals surface area contributed by atoms with Crippen molar-refractivity contribution in [2.45, 2.75) is 45.1 Å². The first-order valence-electron chi connectivity index (χ1n) is 5.31. The summed E-state index contributed by atoms with van der Waals surface area (Å²) in [6.45, 7) is 4.08. The van der Waals surface area contributed by atoms with Crippen LogP contribution in [0.3, 0.4) is 0 Å². The summed E-state index contributed by atoms with van der Waals surface area (Å²) in [4.78, 5) is 8.91. The molecule has 0 spiro atoms. The van der Waals surface area contributed by atoms with Crippen LogP contribution in [0.25, 0.3) is 0 Å². The molecule has 0 amide bonds. The fraction of sp³-hybridized carbons (Fsp3) is 0.636. The smallest absolute Gasteiger partial charge is 0.145 e. The lowest BCUT2D eigenvalue weighted by Gasteiger charge is -2.09. The van der Waals surface area contributed by atoms with Gasteiger partial charge in [-0.1, -0.05) is 6.92 Å². The van der Waals surface area contributed by atoms with Crippen LogP contribution in [0.15, 0.2) is 6.07 Å². The van der Waals surface area contributed by atoms with Gasteiger partial charge in [-0.15, -0.1) is 0 Å². The predicted octanol–water partition coefficient (Wildman–Crippen LogP) is 2.07. The van der Waals surface area contributed by atoms with E-state index in [4.69, 9.17) is 5.73 Å². The lowest BCUT2D eigenvalue weighted by molar-refractivity contribution is 0.638. The lowest BCUT2D eigenvalue weighted by Crippen LogP contribution is -2.14. The average Bonchev–Trinajstić information content (AvgIpc) is 2.98. The van der Waals surface area contributed by atoms with E-state index in [1.807, 2.05) is 6.92 Å². The van der Waals surface area contributed by atoms with Gasteiger partial charge >= 0.3 is 0 Å². The monoisotopic (exact) mass is 191 g/mol. The summed E-state index contributed by atoms with van der Waals surface area (Å²) in [6.07, 6.45) is 3.45. The standard InChI is InChI=1S/C11H17N3/c1-3-9(12)11-13-7(2)6-10(14-11)8-4-5-8/h6,8-9H,3-5,12H2,1-2H3.